The van der Waals surface area contributed by atoms with E-state index in [0.717, 1.165) is 11.1 Å². The standard InChI is InChI=1S/C14H20F3NO2/c1-4-20-13-6-5-10(2)7-11(13)12(18-3)8-19-9-14(15,16)17/h5-7,12,18H,4,8-9H2,1-3H3. The summed E-state index contributed by atoms with van der Waals surface area (Å²) in [5.41, 5.74) is 1.82. The fraction of sp³-hybridized carbons (Fsp3) is 0.571. The number of benzene rings is 1. The number of aryl methyl sites for hydroxylation is 1. The van der Waals surface area contributed by atoms with Crippen LogP contribution in [0.15, 0.2) is 18.2 Å². The highest BCUT2D eigenvalue weighted by atomic mass is 19.4. The molecule has 0 saturated carbocycles. The molecule has 6 heteroatoms. The molecule has 114 valence electrons. The van der Waals surface area contributed by atoms with Gasteiger partial charge in [-0.2, -0.15) is 13.2 Å². The summed E-state index contributed by atoms with van der Waals surface area (Å²) in [6, 6.07) is 5.27. The van der Waals surface area contributed by atoms with Gasteiger partial charge in [0.15, 0.2) is 0 Å². The number of hydrogen-bond acceptors (Lipinski definition) is 3. The molecule has 0 amide bonds. The third kappa shape index (κ3) is 5.38. The van der Waals surface area contributed by atoms with Crippen molar-refractivity contribution in [2.24, 2.45) is 0 Å². The Hall–Kier alpha value is -1.27. The predicted octanol–water partition coefficient (Wildman–Crippen LogP) is 3.23. The van der Waals surface area contributed by atoms with Gasteiger partial charge in [-0.1, -0.05) is 17.7 Å². The second-order valence-electron chi connectivity index (χ2n) is 4.45. The quantitative estimate of drug-likeness (QED) is 0.836. The first-order valence-corrected chi connectivity index (χ1v) is 6.42. The molecule has 0 radical (unpaired) electrons. The van der Waals surface area contributed by atoms with Crippen molar-refractivity contribution < 1.29 is 22.6 Å². The molecule has 0 aromatic heterocycles. The number of nitrogens with one attached hydrogen (secondary N) is 1. The third-order valence-electron chi connectivity index (χ3n) is 2.74. The number of halogens is 3. The molecule has 0 bridgehead atoms. The van der Waals surface area contributed by atoms with Crippen LogP contribution in [0, 0.1) is 6.92 Å². The SMILES string of the molecule is CCOc1ccc(C)cc1C(COCC(F)(F)F)NC. The molecule has 1 atom stereocenters. The van der Waals surface area contributed by atoms with Crippen LogP contribution in [-0.4, -0.2) is 33.0 Å². The van der Waals surface area contributed by atoms with Crippen LogP contribution in [-0.2, 0) is 4.74 Å². The number of ether oxygens (including phenoxy) is 2. The maximum atomic E-state index is 12.1. The molecular formula is C14H20F3NO2. The van der Waals surface area contributed by atoms with Crippen molar-refractivity contribution in [2.75, 3.05) is 26.9 Å². The van der Waals surface area contributed by atoms with Gasteiger partial charge >= 0.3 is 6.18 Å². The van der Waals surface area contributed by atoms with Gasteiger partial charge in [0.25, 0.3) is 0 Å². The smallest absolute Gasteiger partial charge is 0.411 e. The second kappa shape index (κ2) is 7.50. The fourth-order valence-corrected chi connectivity index (χ4v) is 1.85. The first-order valence-electron chi connectivity index (χ1n) is 6.42. The minimum Gasteiger partial charge on any atom is -0.494 e. The van der Waals surface area contributed by atoms with Crippen LogP contribution in [0.2, 0.25) is 0 Å². The minimum atomic E-state index is -4.31. The molecule has 20 heavy (non-hydrogen) atoms. The molecule has 1 N–H and O–H groups in total. The summed E-state index contributed by atoms with van der Waals surface area (Å²) < 4.78 is 46.6. The van der Waals surface area contributed by atoms with Gasteiger partial charge in [-0.3, -0.25) is 0 Å². The lowest BCUT2D eigenvalue weighted by Gasteiger charge is -2.21. The van der Waals surface area contributed by atoms with Gasteiger partial charge in [0.2, 0.25) is 0 Å². The zero-order valence-corrected chi connectivity index (χ0v) is 11.9. The van der Waals surface area contributed by atoms with E-state index in [1.54, 1.807) is 7.05 Å². The zero-order chi connectivity index (χ0) is 15.2. The predicted molar refractivity (Wildman–Crippen MR) is 71.0 cm³/mol. The van der Waals surface area contributed by atoms with E-state index in [9.17, 15) is 13.2 Å². The van der Waals surface area contributed by atoms with Gasteiger partial charge in [-0.05, 0) is 27.0 Å². The van der Waals surface area contributed by atoms with Gasteiger partial charge in [0.1, 0.15) is 12.4 Å². The van der Waals surface area contributed by atoms with Crippen LogP contribution < -0.4 is 10.1 Å². The first-order chi connectivity index (χ1) is 9.37. The van der Waals surface area contributed by atoms with Crippen LogP contribution in [0.5, 0.6) is 5.75 Å². The fourth-order valence-electron chi connectivity index (χ4n) is 1.85. The molecule has 1 aromatic rings. The Morgan fingerprint density at radius 3 is 2.55 bits per heavy atom. The summed E-state index contributed by atoms with van der Waals surface area (Å²) in [5, 5.41) is 2.96. The molecule has 0 heterocycles. The van der Waals surface area contributed by atoms with E-state index in [1.165, 1.54) is 0 Å². The van der Waals surface area contributed by atoms with E-state index in [-0.39, 0.29) is 12.6 Å². The minimum absolute atomic E-state index is 0.0699. The van der Waals surface area contributed by atoms with Gasteiger partial charge in [0, 0.05) is 5.56 Å². The molecule has 1 rings (SSSR count). The first kappa shape index (κ1) is 16.8. The Morgan fingerprint density at radius 1 is 1.30 bits per heavy atom. The molecule has 3 nitrogen and oxygen atoms in total. The average molecular weight is 291 g/mol. The van der Waals surface area contributed by atoms with Gasteiger partial charge in [-0.25, -0.2) is 0 Å². The Kier molecular flexibility index (Phi) is 6.29. The van der Waals surface area contributed by atoms with Crippen molar-refractivity contribution in [1.29, 1.82) is 0 Å². The van der Waals surface area contributed by atoms with Crippen LogP contribution in [0.1, 0.15) is 24.1 Å². The summed E-state index contributed by atoms with van der Waals surface area (Å²) in [4.78, 5) is 0. The van der Waals surface area contributed by atoms with Crippen molar-refractivity contribution in [3.8, 4) is 5.75 Å². The Bertz CT molecular complexity index is 421. The van der Waals surface area contributed by atoms with Crippen molar-refractivity contribution in [1.82, 2.24) is 5.32 Å². The summed E-state index contributed by atoms with van der Waals surface area (Å²) in [5.74, 6) is 0.660. The van der Waals surface area contributed by atoms with Crippen molar-refractivity contribution >= 4 is 0 Å². The van der Waals surface area contributed by atoms with Crippen LogP contribution in [0.4, 0.5) is 13.2 Å². The number of hydrogen-bond donors (Lipinski definition) is 1. The highest BCUT2D eigenvalue weighted by Gasteiger charge is 2.28. The lowest BCUT2D eigenvalue weighted by Crippen LogP contribution is -2.26. The van der Waals surface area contributed by atoms with E-state index in [2.05, 4.69) is 5.32 Å². The van der Waals surface area contributed by atoms with Gasteiger partial charge in [0.05, 0.1) is 19.3 Å². The number of likely N-dealkylation sites (N-methyl/N-ethyl adjacent to an activating group) is 1. The Morgan fingerprint density at radius 2 is 2.00 bits per heavy atom. The van der Waals surface area contributed by atoms with E-state index in [0.29, 0.717) is 12.4 Å². The molecular weight excluding hydrogens is 271 g/mol. The molecule has 0 aliphatic heterocycles. The average Bonchev–Trinajstić information content (AvgIpc) is 2.36. The summed E-state index contributed by atoms with van der Waals surface area (Å²) in [7, 11) is 1.68. The van der Waals surface area contributed by atoms with Crippen LogP contribution in [0.3, 0.4) is 0 Å². The van der Waals surface area contributed by atoms with Crippen molar-refractivity contribution in [3.63, 3.8) is 0 Å². The van der Waals surface area contributed by atoms with Crippen LogP contribution in [0.25, 0.3) is 0 Å². The van der Waals surface area contributed by atoms with Gasteiger partial charge < -0.3 is 14.8 Å². The molecule has 0 aliphatic rings. The number of rotatable bonds is 7. The largest absolute Gasteiger partial charge is 0.494 e. The van der Waals surface area contributed by atoms with Crippen LogP contribution >= 0.6 is 0 Å². The molecule has 0 spiro atoms. The Labute approximate surface area is 117 Å². The van der Waals surface area contributed by atoms with Crippen molar-refractivity contribution in [2.45, 2.75) is 26.1 Å². The highest BCUT2D eigenvalue weighted by molar-refractivity contribution is 5.39. The maximum absolute atomic E-state index is 12.1. The summed E-state index contributed by atoms with van der Waals surface area (Å²) >= 11 is 0. The number of alkyl halides is 3. The maximum Gasteiger partial charge on any atom is 0.411 e. The molecule has 0 saturated heterocycles. The highest BCUT2D eigenvalue weighted by Crippen LogP contribution is 2.27. The zero-order valence-electron chi connectivity index (χ0n) is 11.9. The second-order valence-corrected chi connectivity index (χ2v) is 4.45. The van der Waals surface area contributed by atoms with Gasteiger partial charge in [-0.15, -0.1) is 0 Å². The van der Waals surface area contributed by atoms with E-state index in [4.69, 9.17) is 9.47 Å². The summed E-state index contributed by atoms with van der Waals surface area (Å²) in [6.45, 7) is 2.96. The van der Waals surface area contributed by atoms with Crippen molar-refractivity contribution in [3.05, 3.63) is 29.3 Å². The lowest BCUT2D eigenvalue weighted by molar-refractivity contribution is -0.175. The molecule has 0 aliphatic carbocycles. The molecule has 1 aromatic carbocycles. The van der Waals surface area contributed by atoms with E-state index in [1.807, 2.05) is 32.0 Å². The van der Waals surface area contributed by atoms with E-state index < -0.39 is 12.8 Å². The Balaban J connectivity index is 2.80. The summed E-state index contributed by atoms with van der Waals surface area (Å²) in [6.07, 6.45) is -4.31. The lowest BCUT2D eigenvalue weighted by atomic mass is 10.0. The topological polar surface area (TPSA) is 30.5 Å². The molecule has 0 fully saturated rings. The third-order valence-corrected chi connectivity index (χ3v) is 2.74. The normalized spacial score (nSPS) is 13.3. The van der Waals surface area contributed by atoms with E-state index >= 15 is 0 Å². The monoisotopic (exact) mass is 291 g/mol. The molecule has 1 unspecified atom stereocenters.